The quantitative estimate of drug-likeness (QED) is 0.555. The van der Waals surface area contributed by atoms with Crippen LogP contribution in [0.1, 0.15) is 0 Å². The minimum absolute atomic E-state index is 0.221. The third-order valence-corrected chi connectivity index (χ3v) is 3.45. The Labute approximate surface area is 114 Å². The van der Waals surface area contributed by atoms with E-state index in [1.54, 1.807) is 18.2 Å². The maximum absolute atomic E-state index is 9.52. The lowest BCUT2D eigenvalue weighted by Gasteiger charge is -1.91. The van der Waals surface area contributed by atoms with Gasteiger partial charge in [0.25, 0.3) is 0 Å². The molecule has 0 unspecified atom stereocenters. The molecule has 0 atom stereocenters. The maximum Gasteiger partial charge on any atom is 0.159 e. The lowest BCUT2D eigenvalue weighted by molar-refractivity contribution is 0.476. The molecule has 0 aliphatic carbocycles. The number of rotatable bonds is 1. The number of fused-ring (bicyclic) bond motifs is 2. The monoisotopic (exact) mass is 264 g/mol. The average Bonchev–Trinajstić information content (AvgIpc) is 3.00. The summed E-state index contributed by atoms with van der Waals surface area (Å²) in [5, 5.41) is 15.1. The molecular weight excluding hydrogens is 252 g/mol. The Kier molecular flexibility index (Phi) is 2.12. The number of phenols is 1. The van der Waals surface area contributed by atoms with E-state index in [1.165, 1.54) is 0 Å². The number of aryl methyl sites for hydroxylation is 1. The van der Waals surface area contributed by atoms with Crippen molar-refractivity contribution in [3.8, 4) is 17.3 Å². The summed E-state index contributed by atoms with van der Waals surface area (Å²) >= 11 is 0. The standard InChI is InChI=1S/C15H12N4O/c1-19-13-5-3-2-4-10(13)14(18-19)15-16-11-7-6-9(20)8-12(11)17-15/h2-8,20H,1H3,(H,16,17). The van der Waals surface area contributed by atoms with Crippen LogP contribution in [-0.2, 0) is 7.05 Å². The number of hydrogen-bond donors (Lipinski definition) is 2. The topological polar surface area (TPSA) is 66.7 Å². The summed E-state index contributed by atoms with van der Waals surface area (Å²) in [7, 11) is 1.92. The van der Waals surface area contributed by atoms with Crippen molar-refractivity contribution in [2.45, 2.75) is 0 Å². The number of nitrogens with zero attached hydrogens (tertiary/aromatic N) is 3. The Morgan fingerprint density at radius 2 is 2.00 bits per heavy atom. The van der Waals surface area contributed by atoms with Crippen LogP contribution in [0.4, 0.5) is 0 Å². The van der Waals surface area contributed by atoms with Crippen LogP contribution >= 0.6 is 0 Å². The van der Waals surface area contributed by atoms with E-state index in [0.717, 1.165) is 27.6 Å². The molecule has 0 spiro atoms. The highest BCUT2D eigenvalue weighted by Gasteiger charge is 2.13. The summed E-state index contributed by atoms with van der Waals surface area (Å²) in [5.74, 6) is 0.931. The SMILES string of the molecule is Cn1nc(-c2nc3ccc(O)cc3[nH]2)c2ccccc21. The first-order valence-electron chi connectivity index (χ1n) is 6.33. The largest absolute Gasteiger partial charge is 0.508 e. The zero-order valence-electron chi connectivity index (χ0n) is 10.8. The summed E-state index contributed by atoms with van der Waals surface area (Å²) in [6.07, 6.45) is 0. The third-order valence-electron chi connectivity index (χ3n) is 3.45. The van der Waals surface area contributed by atoms with Crippen molar-refractivity contribution in [3.05, 3.63) is 42.5 Å². The highest BCUT2D eigenvalue weighted by molar-refractivity contribution is 5.93. The van der Waals surface area contributed by atoms with Crippen molar-refractivity contribution in [2.24, 2.45) is 7.05 Å². The van der Waals surface area contributed by atoms with E-state index in [9.17, 15) is 5.11 Å². The Bertz CT molecular complexity index is 936. The molecule has 2 N–H and O–H groups in total. The second-order valence-electron chi connectivity index (χ2n) is 4.78. The molecule has 0 aliphatic rings. The molecule has 20 heavy (non-hydrogen) atoms. The van der Waals surface area contributed by atoms with Gasteiger partial charge in [-0.1, -0.05) is 18.2 Å². The summed E-state index contributed by atoms with van der Waals surface area (Å²) in [4.78, 5) is 7.76. The summed E-state index contributed by atoms with van der Waals surface area (Å²) in [5.41, 5.74) is 3.49. The molecule has 2 aromatic carbocycles. The molecule has 0 aliphatic heterocycles. The number of phenolic OH excluding ortho intramolecular Hbond substituents is 1. The smallest absolute Gasteiger partial charge is 0.159 e. The van der Waals surface area contributed by atoms with E-state index in [0.29, 0.717) is 5.82 Å². The number of H-pyrrole nitrogens is 1. The highest BCUT2D eigenvalue weighted by Crippen LogP contribution is 2.28. The maximum atomic E-state index is 9.52. The van der Waals surface area contributed by atoms with E-state index in [4.69, 9.17) is 0 Å². The van der Waals surface area contributed by atoms with Crippen LogP contribution < -0.4 is 0 Å². The van der Waals surface area contributed by atoms with Gasteiger partial charge in [-0.2, -0.15) is 5.10 Å². The number of hydrogen-bond acceptors (Lipinski definition) is 3. The van der Waals surface area contributed by atoms with Gasteiger partial charge in [0.05, 0.1) is 16.6 Å². The fourth-order valence-corrected chi connectivity index (χ4v) is 2.50. The van der Waals surface area contributed by atoms with E-state index in [2.05, 4.69) is 15.1 Å². The second kappa shape index (κ2) is 3.84. The fourth-order valence-electron chi connectivity index (χ4n) is 2.50. The number of aromatic hydroxyl groups is 1. The third kappa shape index (κ3) is 1.50. The van der Waals surface area contributed by atoms with Crippen LogP contribution in [0, 0.1) is 0 Å². The van der Waals surface area contributed by atoms with E-state index >= 15 is 0 Å². The molecule has 0 fully saturated rings. The van der Waals surface area contributed by atoms with Crippen LogP contribution in [0.15, 0.2) is 42.5 Å². The molecule has 0 saturated carbocycles. The second-order valence-corrected chi connectivity index (χ2v) is 4.78. The first kappa shape index (κ1) is 11.0. The number of imidazole rings is 1. The molecule has 0 radical (unpaired) electrons. The van der Waals surface area contributed by atoms with Gasteiger partial charge in [0.2, 0.25) is 0 Å². The molecule has 4 aromatic rings. The molecule has 5 nitrogen and oxygen atoms in total. The van der Waals surface area contributed by atoms with Crippen molar-refractivity contribution < 1.29 is 5.11 Å². The van der Waals surface area contributed by atoms with Crippen LogP contribution in [0.5, 0.6) is 5.75 Å². The lowest BCUT2D eigenvalue weighted by atomic mass is 10.2. The van der Waals surface area contributed by atoms with Crippen LogP contribution in [0.25, 0.3) is 33.5 Å². The molecule has 0 saturated heterocycles. The normalized spacial score (nSPS) is 11.4. The molecule has 0 amide bonds. The lowest BCUT2D eigenvalue weighted by Crippen LogP contribution is -1.90. The van der Waals surface area contributed by atoms with Gasteiger partial charge in [-0.15, -0.1) is 0 Å². The molecule has 5 heteroatoms. The van der Waals surface area contributed by atoms with Crippen LogP contribution in [0.2, 0.25) is 0 Å². The van der Waals surface area contributed by atoms with Crippen molar-refractivity contribution in [3.63, 3.8) is 0 Å². The van der Waals surface area contributed by atoms with Crippen molar-refractivity contribution >= 4 is 21.9 Å². The highest BCUT2D eigenvalue weighted by atomic mass is 16.3. The van der Waals surface area contributed by atoms with E-state index < -0.39 is 0 Å². The average molecular weight is 264 g/mol. The summed E-state index contributed by atoms with van der Waals surface area (Å²) in [6, 6.07) is 13.1. The summed E-state index contributed by atoms with van der Waals surface area (Å²) in [6.45, 7) is 0. The molecule has 0 bridgehead atoms. The van der Waals surface area contributed by atoms with Gasteiger partial charge in [-0.25, -0.2) is 4.98 Å². The van der Waals surface area contributed by atoms with Gasteiger partial charge >= 0.3 is 0 Å². The van der Waals surface area contributed by atoms with Crippen molar-refractivity contribution in [2.75, 3.05) is 0 Å². The van der Waals surface area contributed by atoms with Gasteiger partial charge in [0.1, 0.15) is 11.4 Å². The number of aromatic nitrogens is 4. The minimum Gasteiger partial charge on any atom is -0.508 e. The van der Waals surface area contributed by atoms with Gasteiger partial charge in [-0.05, 0) is 18.2 Å². The predicted octanol–water partition coefficient (Wildman–Crippen LogP) is 2.82. The number of aromatic amines is 1. The van der Waals surface area contributed by atoms with Crippen LogP contribution in [-0.4, -0.2) is 24.9 Å². The van der Waals surface area contributed by atoms with Gasteiger partial charge in [0.15, 0.2) is 5.82 Å². The summed E-state index contributed by atoms with van der Waals surface area (Å²) < 4.78 is 1.84. The molecule has 4 rings (SSSR count). The minimum atomic E-state index is 0.221. The molecule has 98 valence electrons. The Hall–Kier alpha value is -2.82. The Balaban J connectivity index is 2.01. The Morgan fingerprint density at radius 1 is 1.15 bits per heavy atom. The van der Waals surface area contributed by atoms with E-state index in [-0.39, 0.29) is 5.75 Å². The van der Waals surface area contributed by atoms with E-state index in [1.807, 2.05) is 36.0 Å². The molecular formula is C15H12N4O. The number of benzene rings is 2. The fraction of sp³-hybridized carbons (Fsp3) is 0.0667. The number of para-hydroxylation sites is 1. The van der Waals surface area contributed by atoms with Crippen molar-refractivity contribution in [1.82, 2.24) is 19.7 Å². The molecule has 2 aromatic heterocycles. The zero-order valence-corrected chi connectivity index (χ0v) is 10.8. The first-order chi connectivity index (χ1) is 9.72. The Morgan fingerprint density at radius 3 is 2.90 bits per heavy atom. The van der Waals surface area contributed by atoms with Crippen LogP contribution in [0.3, 0.4) is 0 Å². The van der Waals surface area contributed by atoms with Gasteiger partial charge in [-0.3, -0.25) is 4.68 Å². The number of nitrogens with one attached hydrogen (secondary N) is 1. The van der Waals surface area contributed by atoms with Gasteiger partial charge < -0.3 is 10.1 Å². The van der Waals surface area contributed by atoms with Crippen molar-refractivity contribution in [1.29, 1.82) is 0 Å². The zero-order chi connectivity index (χ0) is 13.7. The predicted molar refractivity (Wildman–Crippen MR) is 77.5 cm³/mol. The van der Waals surface area contributed by atoms with Gasteiger partial charge in [0, 0.05) is 18.5 Å². The molecule has 2 heterocycles. The first-order valence-corrected chi connectivity index (χ1v) is 6.33.